The lowest BCUT2D eigenvalue weighted by Gasteiger charge is -2.24. The molecule has 0 bridgehead atoms. The van der Waals surface area contributed by atoms with Gasteiger partial charge in [0.05, 0.1) is 12.6 Å². The minimum atomic E-state index is -1.41. The van der Waals surface area contributed by atoms with Gasteiger partial charge in [-0.25, -0.2) is 4.79 Å². The van der Waals surface area contributed by atoms with E-state index in [0.29, 0.717) is 11.3 Å². The Bertz CT molecular complexity index is 871. The fraction of sp³-hybridized carbons (Fsp3) is 0.500. The second kappa shape index (κ2) is 15.7. The van der Waals surface area contributed by atoms with Crippen molar-refractivity contribution in [2.75, 3.05) is 18.6 Å². The number of aliphatic hydroxyl groups excluding tert-OH is 1. The number of aliphatic carboxylic acids is 1. The van der Waals surface area contributed by atoms with Crippen molar-refractivity contribution >= 4 is 41.4 Å². The fourth-order valence-electron chi connectivity index (χ4n) is 3.00. The number of primary amides is 1. The summed E-state index contributed by atoms with van der Waals surface area (Å²) in [5.41, 5.74) is 11.4. The predicted octanol–water partition coefficient (Wildman–Crippen LogP) is -1.89. The van der Waals surface area contributed by atoms with Crippen LogP contribution in [0.2, 0.25) is 0 Å². The van der Waals surface area contributed by atoms with Gasteiger partial charge < -0.3 is 37.6 Å². The number of carbonyl (C=O) groups excluding carboxylic acids is 4. The van der Waals surface area contributed by atoms with Crippen LogP contribution >= 0.6 is 11.8 Å². The third-order valence-corrected chi connectivity index (χ3v) is 5.64. The average molecular weight is 512 g/mol. The van der Waals surface area contributed by atoms with Gasteiger partial charge in [0, 0.05) is 12.8 Å². The molecule has 1 rings (SSSR count). The second-order valence-electron chi connectivity index (χ2n) is 7.79. The fourth-order valence-corrected chi connectivity index (χ4v) is 3.47. The van der Waals surface area contributed by atoms with Gasteiger partial charge in [-0.3, -0.25) is 19.2 Å². The summed E-state index contributed by atoms with van der Waals surface area (Å²) >= 11 is 1.42. The molecule has 0 aliphatic rings. The zero-order valence-corrected chi connectivity index (χ0v) is 20.3. The van der Waals surface area contributed by atoms with E-state index in [1.165, 1.54) is 11.8 Å². The van der Waals surface area contributed by atoms with Crippen LogP contribution in [0.3, 0.4) is 0 Å². The Labute approximate surface area is 207 Å². The maximum absolute atomic E-state index is 12.9. The molecule has 1 aromatic rings. The van der Waals surface area contributed by atoms with Crippen molar-refractivity contribution in [3.05, 3.63) is 35.9 Å². The van der Waals surface area contributed by atoms with Crippen molar-refractivity contribution in [2.24, 2.45) is 11.5 Å². The van der Waals surface area contributed by atoms with Crippen molar-refractivity contribution in [2.45, 2.75) is 49.9 Å². The molecule has 0 aromatic heterocycles. The molecule has 0 spiro atoms. The number of nitrogens with one attached hydrogen (secondary N) is 3. The first-order chi connectivity index (χ1) is 16.6. The van der Waals surface area contributed by atoms with Gasteiger partial charge in [-0.05, 0) is 30.4 Å². The van der Waals surface area contributed by atoms with E-state index in [-0.39, 0.29) is 25.7 Å². The van der Waals surface area contributed by atoms with Crippen LogP contribution in [0.5, 0.6) is 0 Å². The summed E-state index contributed by atoms with van der Waals surface area (Å²) in [7, 11) is 0. The lowest BCUT2D eigenvalue weighted by atomic mass is 10.1. The molecule has 0 fully saturated rings. The molecule has 1 aromatic carbocycles. The highest BCUT2D eigenvalue weighted by Crippen LogP contribution is 2.06. The van der Waals surface area contributed by atoms with E-state index in [2.05, 4.69) is 16.0 Å². The molecule has 0 saturated carbocycles. The van der Waals surface area contributed by atoms with Crippen molar-refractivity contribution < 1.29 is 34.2 Å². The zero-order valence-electron chi connectivity index (χ0n) is 19.4. The standard InChI is InChI=1S/C22H33N5O7S/c1-35-10-9-15(20(31)26-16(22(33)34)11-13-5-3-2-4-6-13)25-21(32)17(12-28)27-19(30)14(23)7-8-18(24)29/h2-6,14-17,28H,7-12,23H2,1H3,(H2,24,29)(H,25,32)(H,26,31)(H,27,30)(H,33,34). The Morgan fingerprint density at radius 2 is 1.49 bits per heavy atom. The Balaban J connectivity index is 2.85. The summed E-state index contributed by atoms with van der Waals surface area (Å²) in [6, 6.07) is 3.88. The van der Waals surface area contributed by atoms with Crippen LogP contribution in [0.25, 0.3) is 0 Å². The Hall–Kier alpha value is -3.16. The quantitative estimate of drug-likeness (QED) is 0.132. The van der Waals surface area contributed by atoms with Gasteiger partial charge in [-0.1, -0.05) is 30.3 Å². The SMILES string of the molecule is CSCCC(NC(=O)C(CO)NC(=O)C(N)CCC(N)=O)C(=O)NC(Cc1ccccc1)C(=O)O. The van der Waals surface area contributed by atoms with Gasteiger partial charge in [-0.15, -0.1) is 0 Å². The van der Waals surface area contributed by atoms with E-state index in [0.717, 1.165) is 0 Å². The third-order valence-electron chi connectivity index (χ3n) is 4.99. The number of nitrogens with two attached hydrogens (primary N) is 2. The molecule has 4 unspecified atom stereocenters. The van der Waals surface area contributed by atoms with Crippen LogP contribution < -0.4 is 27.4 Å². The molecule has 4 atom stereocenters. The predicted molar refractivity (Wildman–Crippen MR) is 130 cm³/mol. The average Bonchev–Trinajstić information content (AvgIpc) is 2.83. The highest BCUT2D eigenvalue weighted by molar-refractivity contribution is 7.98. The molecule has 9 N–H and O–H groups in total. The summed E-state index contributed by atoms with van der Waals surface area (Å²) in [6.07, 6.45) is 1.85. The van der Waals surface area contributed by atoms with E-state index in [1.807, 2.05) is 0 Å². The van der Waals surface area contributed by atoms with Crippen molar-refractivity contribution in [3.8, 4) is 0 Å². The summed E-state index contributed by atoms with van der Waals surface area (Å²) in [5, 5.41) is 26.3. The lowest BCUT2D eigenvalue weighted by Crippen LogP contribution is -2.58. The molecule has 35 heavy (non-hydrogen) atoms. The first kappa shape index (κ1) is 29.9. The summed E-state index contributed by atoms with van der Waals surface area (Å²) in [5.74, 6) is -3.74. The van der Waals surface area contributed by atoms with Crippen LogP contribution in [0.1, 0.15) is 24.8 Å². The largest absolute Gasteiger partial charge is 0.480 e. The molecule has 0 heterocycles. The smallest absolute Gasteiger partial charge is 0.326 e. The molecule has 12 nitrogen and oxygen atoms in total. The molecule has 13 heteroatoms. The Morgan fingerprint density at radius 1 is 0.914 bits per heavy atom. The van der Waals surface area contributed by atoms with Gasteiger partial charge >= 0.3 is 5.97 Å². The van der Waals surface area contributed by atoms with E-state index in [4.69, 9.17) is 11.5 Å². The number of carboxylic acids is 1. The Kier molecular flexibility index (Phi) is 13.4. The van der Waals surface area contributed by atoms with E-state index >= 15 is 0 Å². The summed E-state index contributed by atoms with van der Waals surface area (Å²) in [4.78, 5) is 60.3. The molecule has 194 valence electrons. The van der Waals surface area contributed by atoms with Crippen LogP contribution in [0.15, 0.2) is 30.3 Å². The van der Waals surface area contributed by atoms with Crippen LogP contribution in [-0.2, 0) is 30.4 Å². The number of hydrogen-bond acceptors (Lipinski definition) is 8. The number of amides is 4. The van der Waals surface area contributed by atoms with Crippen molar-refractivity contribution in [3.63, 3.8) is 0 Å². The number of benzene rings is 1. The number of carboxylic acid groups (broad SMARTS) is 1. The second-order valence-corrected chi connectivity index (χ2v) is 8.77. The first-order valence-corrected chi connectivity index (χ1v) is 12.3. The topological polar surface area (TPSA) is 214 Å². The molecule has 0 aliphatic heterocycles. The third kappa shape index (κ3) is 11.2. The number of carbonyl (C=O) groups is 5. The zero-order chi connectivity index (χ0) is 26.4. The Morgan fingerprint density at radius 3 is 2.03 bits per heavy atom. The van der Waals surface area contributed by atoms with Crippen LogP contribution in [-0.4, -0.2) is 82.6 Å². The molecular weight excluding hydrogens is 478 g/mol. The normalized spacial score (nSPS) is 14.1. The summed E-state index contributed by atoms with van der Waals surface area (Å²) in [6.45, 7) is -0.775. The van der Waals surface area contributed by atoms with Gasteiger partial charge in [0.2, 0.25) is 23.6 Å². The first-order valence-electron chi connectivity index (χ1n) is 10.9. The molecule has 0 aliphatic carbocycles. The molecule has 4 amide bonds. The van der Waals surface area contributed by atoms with Crippen LogP contribution in [0, 0.1) is 0 Å². The van der Waals surface area contributed by atoms with Gasteiger partial charge in [0.1, 0.15) is 18.1 Å². The van der Waals surface area contributed by atoms with E-state index in [9.17, 15) is 34.2 Å². The number of aliphatic hydroxyl groups is 1. The lowest BCUT2D eigenvalue weighted by molar-refractivity contribution is -0.142. The number of hydrogen-bond donors (Lipinski definition) is 7. The van der Waals surface area contributed by atoms with Gasteiger partial charge in [0.15, 0.2) is 0 Å². The molecular formula is C22H33N5O7S. The number of thioether (sulfide) groups is 1. The minimum absolute atomic E-state index is 0.0440. The number of rotatable bonds is 16. The summed E-state index contributed by atoms with van der Waals surface area (Å²) < 4.78 is 0. The van der Waals surface area contributed by atoms with Gasteiger partial charge in [0.25, 0.3) is 0 Å². The monoisotopic (exact) mass is 511 g/mol. The maximum atomic E-state index is 12.9. The molecule has 0 saturated heterocycles. The highest BCUT2D eigenvalue weighted by atomic mass is 32.2. The van der Waals surface area contributed by atoms with Crippen molar-refractivity contribution in [1.82, 2.24) is 16.0 Å². The van der Waals surface area contributed by atoms with Crippen LogP contribution in [0.4, 0.5) is 0 Å². The van der Waals surface area contributed by atoms with Gasteiger partial charge in [-0.2, -0.15) is 11.8 Å². The minimum Gasteiger partial charge on any atom is -0.480 e. The van der Waals surface area contributed by atoms with E-state index in [1.54, 1.807) is 36.6 Å². The highest BCUT2D eigenvalue weighted by Gasteiger charge is 2.30. The van der Waals surface area contributed by atoms with Crippen molar-refractivity contribution in [1.29, 1.82) is 0 Å². The van der Waals surface area contributed by atoms with E-state index < -0.39 is 60.4 Å². The molecule has 0 radical (unpaired) electrons. The maximum Gasteiger partial charge on any atom is 0.326 e.